The van der Waals surface area contributed by atoms with Gasteiger partial charge in [-0.05, 0) is 38.5 Å². The Morgan fingerprint density at radius 2 is 2.00 bits per heavy atom. The summed E-state index contributed by atoms with van der Waals surface area (Å²) in [4.78, 5) is 22.4. The van der Waals surface area contributed by atoms with E-state index in [4.69, 9.17) is 4.98 Å². The molecule has 1 saturated carbocycles. The van der Waals surface area contributed by atoms with Crippen molar-refractivity contribution in [1.82, 2.24) is 9.97 Å². The lowest BCUT2D eigenvalue weighted by atomic mass is 9.79. The number of rotatable bonds is 4. The molecule has 2 heterocycles. The minimum Gasteiger partial charge on any atom is -0.353 e. The molecule has 6 nitrogen and oxygen atoms in total. The quantitative estimate of drug-likeness (QED) is 0.619. The van der Waals surface area contributed by atoms with Gasteiger partial charge in [-0.15, -0.1) is 0 Å². The van der Waals surface area contributed by atoms with Crippen molar-refractivity contribution in [1.29, 1.82) is 0 Å². The smallest absolute Gasteiger partial charge is 0.270 e. The first-order valence-electron chi connectivity index (χ1n) is 8.99. The van der Waals surface area contributed by atoms with Crippen LogP contribution in [0.2, 0.25) is 0 Å². The van der Waals surface area contributed by atoms with Gasteiger partial charge in [0.05, 0.1) is 4.92 Å². The van der Waals surface area contributed by atoms with E-state index >= 15 is 0 Å². The highest BCUT2D eigenvalue weighted by atomic mass is 16.6. The number of anilines is 1. The van der Waals surface area contributed by atoms with Gasteiger partial charge in [-0.25, -0.2) is 9.97 Å². The zero-order chi connectivity index (χ0) is 17.4. The fourth-order valence-electron chi connectivity index (χ4n) is 3.98. The molecule has 0 bridgehead atoms. The summed E-state index contributed by atoms with van der Waals surface area (Å²) in [7, 11) is 0. The molecule has 2 fully saturated rings. The Morgan fingerprint density at radius 1 is 1.16 bits per heavy atom. The van der Waals surface area contributed by atoms with E-state index in [0.717, 1.165) is 24.0 Å². The van der Waals surface area contributed by atoms with Crippen LogP contribution in [0.25, 0.3) is 11.4 Å². The third kappa shape index (κ3) is 3.08. The molecule has 1 aromatic heterocycles. The number of aryl methyl sites for hydroxylation is 1. The molecular weight excluding hydrogens is 316 g/mol. The van der Waals surface area contributed by atoms with Crippen molar-refractivity contribution >= 4 is 11.5 Å². The minimum absolute atomic E-state index is 0.0673. The maximum atomic E-state index is 11.0. The Hall–Kier alpha value is -2.50. The topological polar surface area (TPSA) is 72.2 Å². The van der Waals surface area contributed by atoms with Crippen LogP contribution in [-0.2, 0) is 0 Å². The van der Waals surface area contributed by atoms with E-state index in [9.17, 15) is 10.1 Å². The number of nitro benzene ring substituents is 1. The molecule has 0 radical (unpaired) electrons. The average molecular weight is 338 g/mol. The largest absolute Gasteiger partial charge is 0.353 e. The summed E-state index contributed by atoms with van der Waals surface area (Å²) in [6.45, 7) is 2.99. The zero-order valence-electron chi connectivity index (χ0n) is 14.4. The predicted molar refractivity (Wildman–Crippen MR) is 96.6 cm³/mol. The summed E-state index contributed by atoms with van der Waals surface area (Å²) >= 11 is 0. The summed E-state index contributed by atoms with van der Waals surface area (Å²) in [6, 6.07) is 9.18. The number of non-ortho nitro benzene ring substituents is 1. The molecule has 130 valence electrons. The number of nitro groups is 1. The molecule has 0 amide bonds. The van der Waals surface area contributed by atoms with Crippen molar-refractivity contribution in [3.63, 3.8) is 0 Å². The molecule has 0 spiro atoms. The molecular formula is C19H22N4O2. The van der Waals surface area contributed by atoms with Crippen LogP contribution in [-0.4, -0.2) is 27.5 Å². The Bertz CT molecular complexity index is 804. The van der Waals surface area contributed by atoms with Crippen LogP contribution < -0.4 is 4.90 Å². The third-order valence-electron chi connectivity index (χ3n) is 5.44. The lowest BCUT2D eigenvalue weighted by Crippen LogP contribution is -2.39. The van der Waals surface area contributed by atoms with Gasteiger partial charge in [0.25, 0.3) is 5.69 Å². The van der Waals surface area contributed by atoms with Crippen LogP contribution in [0.4, 0.5) is 11.5 Å². The van der Waals surface area contributed by atoms with Gasteiger partial charge in [0.2, 0.25) is 0 Å². The van der Waals surface area contributed by atoms with Gasteiger partial charge in [0, 0.05) is 42.0 Å². The molecule has 1 aromatic carbocycles. The lowest BCUT2D eigenvalue weighted by molar-refractivity contribution is -0.384. The molecule has 2 aromatic rings. The Labute approximate surface area is 147 Å². The van der Waals surface area contributed by atoms with Crippen molar-refractivity contribution in [3.05, 3.63) is 46.1 Å². The highest BCUT2D eigenvalue weighted by Gasteiger charge is 2.35. The molecule has 1 unspecified atom stereocenters. The van der Waals surface area contributed by atoms with E-state index < -0.39 is 0 Å². The fraction of sp³-hybridized carbons (Fsp3) is 0.474. The van der Waals surface area contributed by atoms with Crippen LogP contribution in [0.5, 0.6) is 0 Å². The Kier molecular flexibility index (Phi) is 4.11. The number of aromatic nitrogens is 2. The molecule has 0 N–H and O–H groups in total. The number of nitrogens with zero attached hydrogens (tertiary/aromatic N) is 4. The molecule has 25 heavy (non-hydrogen) atoms. The van der Waals surface area contributed by atoms with Crippen LogP contribution in [0.3, 0.4) is 0 Å². The second kappa shape index (κ2) is 6.43. The van der Waals surface area contributed by atoms with Crippen molar-refractivity contribution < 1.29 is 4.92 Å². The van der Waals surface area contributed by atoms with E-state index in [1.165, 1.54) is 38.2 Å². The molecule has 2 aliphatic rings. The summed E-state index contributed by atoms with van der Waals surface area (Å²) in [5.74, 6) is 2.32. The van der Waals surface area contributed by atoms with Crippen molar-refractivity contribution in [3.8, 4) is 11.4 Å². The van der Waals surface area contributed by atoms with E-state index in [1.54, 1.807) is 12.1 Å². The van der Waals surface area contributed by atoms with Crippen LogP contribution >= 0.6 is 0 Å². The number of hydrogen-bond acceptors (Lipinski definition) is 5. The van der Waals surface area contributed by atoms with Crippen LogP contribution in [0, 0.1) is 23.0 Å². The number of benzene rings is 1. The summed E-state index contributed by atoms with van der Waals surface area (Å²) in [6.07, 6.45) is 6.43. The molecule has 1 aliphatic heterocycles. The normalized spacial score (nSPS) is 20.5. The first-order valence-corrected chi connectivity index (χ1v) is 8.99. The average Bonchev–Trinajstić information content (AvgIpc) is 3.02. The molecule has 6 heteroatoms. The van der Waals surface area contributed by atoms with Gasteiger partial charge in [0.1, 0.15) is 5.82 Å². The molecule has 1 saturated heterocycles. The summed E-state index contributed by atoms with van der Waals surface area (Å²) in [5.41, 5.74) is 1.65. The fourth-order valence-corrected chi connectivity index (χ4v) is 3.98. The monoisotopic (exact) mass is 338 g/mol. The standard InChI is InChI=1S/C19H22N4O2/c1-13-11-18(22-10-4-9-17(22)14-5-2-6-14)21-19(20-13)15-7-3-8-16(12-15)23(24)25/h3,7-8,11-12,14,17H,2,4-6,9-10H2,1H3. The lowest BCUT2D eigenvalue weighted by Gasteiger charge is -2.37. The van der Waals surface area contributed by atoms with Crippen molar-refractivity contribution in [2.45, 2.75) is 45.1 Å². The molecule has 4 rings (SSSR count). The zero-order valence-corrected chi connectivity index (χ0v) is 14.4. The van der Waals surface area contributed by atoms with Crippen LogP contribution in [0.1, 0.15) is 37.8 Å². The summed E-state index contributed by atoms with van der Waals surface area (Å²) < 4.78 is 0. The molecule has 1 atom stereocenters. The first-order chi connectivity index (χ1) is 12.1. The second-order valence-electron chi connectivity index (χ2n) is 7.09. The van der Waals surface area contributed by atoms with Gasteiger partial charge in [0.15, 0.2) is 5.82 Å². The number of hydrogen-bond donors (Lipinski definition) is 0. The maximum absolute atomic E-state index is 11.0. The van der Waals surface area contributed by atoms with Crippen molar-refractivity contribution in [2.75, 3.05) is 11.4 Å². The van der Waals surface area contributed by atoms with Gasteiger partial charge in [-0.3, -0.25) is 10.1 Å². The van der Waals surface area contributed by atoms with Gasteiger partial charge in [-0.1, -0.05) is 18.6 Å². The van der Waals surface area contributed by atoms with Gasteiger partial charge >= 0.3 is 0 Å². The maximum Gasteiger partial charge on any atom is 0.270 e. The highest BCUT2D eigenvalue weighted by Crippen LogP contribution is 2.39. The third-order valence-corrected chi connectivity index (χ3v) is 5.44. The highest BCUT2D eigenvalue weighted by molar-refractivity contribution is 5.61. The molecule has 1 aliphatic carbocycles. The SMILES string of the molecule is Cc1cc(N2CCCC2C2CCC2)nc(-c2cccc([N+](=O)[O-])c2)n1. The second-order valence-corrected chi connectivity index (χ2v) is 7.09. The minimum atomic E-state index is -0.382. The van der Waals surface area contributed by atoms with Crippen LogP contribution in [0.15, 0.2) is 30.3 Å². The van der Waals surface area contributed by atoms with E-state index in [2.05, 4.69) is 9.88 Å². The van der Waals surface area contributed by atoms with Gasteiger partial charge in [-0.2, -0.15) is 0 Å². The first kappa shape index (κ1) is 16.0. The van der Waals surface area contributed by atoms with E-state index in [-0.39, 0.29) is 10.6 Å². The van der Waals surface area contributed by atoms with Crippen molar-refractivity contribution in [2.24, 2.45) is 5.92 Å². The van der Waals surface area contributed by atoms with Gasteiger partial charge < -0.3 is 4.90 Å². The summed E-state index contributed by atoms with van der Waals surface area (Å²) in [5, 5.41) is 11.0. The van der Waals surface area contributed by atoms with E-state index in [1.807, 2.05) is 19.1 Å². The predicted octanol–water partition coefficient (Wildman–Crippen LogP) is 4.13. The Balaban J connectivity index is 1.69. The Morgan fingerprint density at radius 3 is 2.72 bits per heavy atom. The van der Waals surface area contributed by atoms with E-state index in [0.29, 0.717) is 17.4 Å².